The minimum atomic E-state index is 0.0445. The van der Waals surface area contributed by atoms with Crippen molar-refractivity contribution in [2.75, 3.05) is 7.11 Å². The second kappa shape index (κ2) is 7.89. The molecule has 0 spiro atoms. The van der Waals surface area contributed by atoms with Crippen LogP contribution >= 0.6 is 15.9 Å². The molecule has 0 atom stereocenters. The van der Waals surface area contributed by atoms with E-state index >= 15 is 0 Å². The molecule has 0 unspecified atom stereocenters. The first kappa shape index (κ1) is 20.3. The van der Waals surface area contributed by atoms with Gasteiger partial charge >= 0.3 is 0 Å². The van der Waals surface area contributed by atoms with Crippen LogP contribution in [0.15, 0.2) is 16.6 Å². The molecule has 0 amide bonds. The van der Waals surface area contributed by atoms with Crippen molar-refractivity contribution >= 4 is 15.9 Å². The minimum Gasteiger partial charge on any atom is -0.493 e. The fraction of sp³-hybridized carbons (Fsp3) is 0.684. The van der Waals surface area contributed by atoms with E-state index in [2.05, 4.69) is 61.9 Å². The molecule has 0 saturated carbocycles. The van der Waals surface area contributed by atoms with Gasteiger partial charge in [-0.15, -0.1) is 0 Å². The van der Waals surface area contributed by atoms with Gasteiger partial charge in [0, 0.05) is 22.1 Å². The molecule has 1 rings (SSSR count). The van der Waals surface area contributed by atoms with Crippen LogP contribution in [0.5, 0.6) is 11.5 Å². The first-order valence-electron chi connectivity index (χ1n) is 8.21. The molecule has 1 aromatic carbocycles. The second-order valence-corrected chi connectivity index (χ2v) is 9.15. The Hall–Kier alpha value is -0.740. The fourth-order valence-corrected chi connectivity index (χ4v) is 3.48. The van der Waals surface area contributed by atoms with E-state index in [4.69, 9.17) is 9.47 Å². The highest BCUT2D eigenvalue weighted by Crippen LogP contribution is 2.36. The molecule has 0 aliphatic heterocycles. The molecule has 0 aromatic heterocycles. The summed E-state index contributed by atoms with van der Waals surface area (Å²) in [5, 5.41) is 3.67. The molecule has 0 bridgehead atoms. The number of hydrogen-bond donors (Lipinski definition) is 1. The number of rotatable bonds is 7. The van der Waals surface area contributed by atoms with E-state index < -0.39 is 0 Å². The van der Waals surface area contributed by atoms with Crippen LogP contribution in [0.3, 0.4) is 0 Å². The number of benzene rings is 1. The van der Waals surface area contributed by atoms with Crippen molar-refractivity contribution in [1.29, 1.82) is 0 Å². The van der Waals surface area contributed by atoms with Gasteiger partial charge in [-0.1, -0.05) is 36.7 Å². The number of nitrogens with one attached hydrogen (secondary N) is 1. The van der Waals surface area contributed by atoms with Crippen LogP contribution < -0.4 is 14.8 Å². The lowest BCUT2D eigenvalue weighted by atomic mass is 9.81. The molecule has 4 heteroatoms. The summed E-state index contributed by atoms with van der Waals surface area (Å²) in [5.74, 6) is 1.59. The fourth-order valence-electron chi connectivity index (χ4n) is 3.00. The third kappa shape index (κ3) is 7.13. The van der Waals surface area contributed by atoms with Crippen molar-refractivity contribution in [2.24, 2.45) is 5.41 Å². The third-order valence-corrected chi connectivity index (χ3v) is 3.86. The lowest BCUT2D eigenvalue weighted by Crippen LogP contribution is -2.41. The van der Waals surface area contributed by atoms with Crippen LogP contribution in [0.2, 0.25) is 0 Å². The quantitative estimate of drug-likeness (QED) is 0.667. The highest BCUT2D eigenvalue weighted by molar-refractivity contribution is 9.10. The maximum Gasteiger partial charge on any atom is 0.166 e. The predicted molar refractivity (Wildman–Crippen MR) is 101 cm³/mol. The molecular formula is C19H32BrNO2. The standard InChI is InChI=1S/C19H32BrNO2/c1-13(2)23-17-14(9-15(20)10-16(17)22-8)11-21-19(6,7)12-18(3,4)5/h9-10,13,21H,11-12H2,1-8H3. The topological polar surface area (TPSA) is 30.5 Å². The van der Waals surface area contributed by atoms with Crippen molar-refractivity contribution in [3.05, 3.63) is 22.2 Å². The zero-order chi connectivity index (χ0) is 17.8. The highest BCUT2D eigenvalue weighted by atomic mass is 79.9. The zero-order valence-electron chi connectivity index (χ0n) is 15.8. The molecule has 132 valence electrons. The lowest BCUT2D eigenvalue weighted by Gasteiger charge is -2.34. The van der Waals surface area contributed by atoms with Gasteiger partial charge in [0.25, 0.3) is 0 Å². The van der Waals surface area contributed by atoms with E-state index in [-0.39, 0.29) is 17.1 Å². The van der Waals surface area contributed by atoms with Gasteiger partial charge in [-0.3, -0.25) is 0 Å². The Balaban J connectivity index is 3.00. The van der Waals surface area contributed by atoms with Gasteiger partial charge in [0.15, 0.2) is 11.5 Å². The Morgan fingerprint density at radius 1 is 1.13 bits per heavy atom. The summed E-state index contributed by atoms with van der Waals surface area (Å²) in [6.07, 6.45) is 1.19. The van der Waals surface area contributed by atoms with Gasteiger partial charge in [0.1, 0.15) is 0 Å². The van der Waals surface area contributed by atoms with Gasteiger partial charge in [-0.05, 0) is 51.7 Å². The molecule has 0 heterocycles. The normalized spacial score (nSPS) is 12.6. The third-order valence-electron chi connectivity index (χ3n) is 3.40. The van der Waals surface area contributed by atoms with E-state index in [1.165, 1.54) is 0 Å². The van der Waals surface area contributed by atoms with Gasteiger partial charge in [0.2, 0.25) is 0 Å². The molecule has 1 N–H and O–H groups in total. The molecule has 0 saturated heterocycles. The van der Waals surface area contributed by atoms with E-state index in [0.29, 0.717) is 0 Å². The van der Waals surface area contributed by atoms with Crippen molar-refractivity contribution in [1.82, 2.24) is 5.32 Å². The SMILES string of the molecule is COc1cc(Br)cc(CNC(C)(C)CC(C)(C)C)c1OC(C)C. The summed E-state index contributed by atoms with van der Waals surface area (Å²) in [6, 6.07) is 4.04. The summed E-state index contributed by atoms with van der Waals surface area (Å²) in [6.45, 7) is 16.1. The van der Waals surface area contributed by atoms with Crippen LogP contribution in [0.1, 0.15) is 60.5 Å². The monoisotopic (exact) mass is 385 g/mol. The largest absolute Gasteiger partial charge is 0.493 e. The van der Waals surface area contributed by atoms with E-state index in [1.807, 2.05) is 19.9 Å². The number of halogens is 1. The molecule has 0 radical (unpaired) electrons. The van der Waals surface area contributed by atoms with Gasteiger partial charge in [0.05, 0.1) is 13.2 Å². The van der Waals surface area contributed by atoms with Crippen LogP contribution in [0.25, 0.3) is 0 Å². The van der Waals surface area contributed by atoms with Crippen molar-refractivity contribution in [2.45, 2.75) is 73.1 Å². The molecular weight excluding hydrogens is 354 g/mol. The van der Waals surface area contributed by atoms with E-state index in [0.717, 1.165) is 34.5 Å². The Morgan fingerprint density at radius 3 is 2.22 bits per heavy atom. The van der Waals surface area contributed by atoms with Gasteiger partial charge in [-0.2, -0.15) is 0 Å². The van der Waals surface area contributed by atoms with Crippen molar-refractivity contribution in [3.63, 3.8) is 0 Å². The molecule has 0 aliphatic rings. The summed E-state index contributed by atoms with van der Waals surface area (Å²) < 4.78 is 12.5. The van der Waals surface area contributed by atoms with Gasteiger partial charge < -0.3 is 14.8 Å². The maximum atomic E-state index is 6.00. The lowest BCUT2D eigenvalue weighted by molar-refractivity contribution is 0.221. The van der Waals surface area contributed by atoms with Crippen LogP contribution in [0.4, 0.5) is 0 Å². The predicted octanol–water partition coefficient (Wildman–Crippen LogP) is 5.55. The van der Waals surface area contributed by atoms with E-state index in [9.17, 15) is 0 Å². The highest BCUT2D eigenvalue weighted by Gasteiger charge is 2.25. The first-order valence-corrected chi connectivity index (χ1v) is 9.01. The van der Waals surface area contributed by atoms with Crippen LogP contribution in [-0.4, -0.2) is 18.8 Å². The first-order chi connectivity index (χ1) is 10.4. The molecule has 1 aromatic rings. The summed E-state index contributed by atoms with van der Waals surface area (Å²) >= 11 is 3.56. The molecule has 0 aliphatic carbocycles. The Kier molecular flexibility index (Phi) is 6.96. The smallest absolute Gasteiger partial charge is 0.166 e. The Morgan fingerprint density at radius 2 is 1.74 bits per heavy atom. The van der Waals surface area contributed by atoms with Crippen LogP contribution in [-0.2, 0) is 6.54 Å². The Labute approximate surface area is 150 Å². The van der Waals surface area contributed by atoms with E-state index in [1.54, 1.807) is 7.11 Å². The summed E-state index contributed by atoms with van der Waals surface area (Å²) in [4.78, 5) is 0. The summed E-state index contributed by atoms with van der Waals surface area (Å²) in [7, 11) is 1.68. The molecule has 23 heavy (non-hydrogen) atoms. The second-order valence-electron chi connectivity index (χ2n) is 8.24. The molecule has 0 fully saturated rings. The average molecular weight is 386 g/mol. The summed E-state index contributed by atoms with van der Waals surface area (Å²) in [5.41, 5.74) is 1.43. The van der Waals surface area contributed by atoms with Crippen molar-refractivity contribution in [3.8, 4) is 11.5 Å². The molecule has 3 nitrogen and oxygen atoms in total. The maximum absolute atomic E-state index is 6.00. The number of hydrogen-bond acceptors (Lipinski definition) is 3. The number of methoxy groups -OCH3 is 1. The number of ether oxygens (including phenoxy) is 2. The minimum absolute atomic E-state index is 0.0445. The van der Waals surface area contributed by atoms with Crippen molar-refractivity contribution < 1.29 is 9.47 Å². The van der Waals surface area contributed by atoms with Gasteiger partial charge in [-0.25, -0.2) is 0 Å². The average Bonchev–Trinajstić information content (AvgIpc) is 2.35. The Bertz CT molecular complexity index is 519. The zero-order valence-corrected chi connectivity index (χ0v) is 17.4. The van der Waals surface area contributed by atoms with Crippen LogP contribution in [0, 0.1) is 5.41 Å².